The molecule has 90 heavy (non-hydrogen) atoms. The van der Waals surface area contributed by atoms with E-state index in [1.165, 1.54) is 12.3 Å². The number of phosphoric ester groups is 1. The zero-order chi connectivity index (χ0) is 66.5. The summed E-state index contributed by atoms with van der Waals surface area (Å²) in [5.41, 5.74) is 3.58. The number of benzene rings is 7. The quantitative estimate of drug-likeness (QED) is 0.0120. The molecular formula is C67H81O17P3Si3. The second kappa shape index (κ2) is 36.3. The molecule has 7 aromatic rings. The fourth-order valence-electron chi connectivity index (χ4n) is 7.75. The van der Waals surface area contributed by atoms with E-state index in [4.69, 9.17) is 45.5 Å². The van der Waals surface area contributed by atoms with Crippen LogP contribution in [0.4, 0.5) is 0 Å². The van der Waals surface area contributed by atoms with E-state index in [1.807, 2.05) is 98.9 Å². The van der Waals surface area contributed by atoms with Crippen molar-refractivity contribution in [1.29, 1.82) is 0 Å². The third kappa shape index (κ3) is 22.7. The molecule has 0 aromatic heterocycles. The van der Waals surface area contributed by atoms with Gasteiger partial charge in [0.15, 0.2) is 0 Å². The molecule has 478 valence electrons. The number of carbonyl (C=O) groups excluding carboxylic acids is 3. The van der Waals surface area contributed by atoms with Gasteiger partial charge in [0.05, 0.1) is 53.5 Å². The monoisotopic (exact) mass is 1330 g/mol. The Balaban J connectivity index is 0.000000261. The fraction of sp³-hybridized carbons (Fsp3) is 0.209. The molecule has 1 N–H and O–H groups in total. The fourth-order valence-corrected chi connectivity index (χ4v) is 15.2. The van der Waals surface area contributed by atoms with Crippen molar-refractivity contribution in [3.63, 3.8) is 0 Å². The van der Waals surface area contributed by atoms with Crippen LogP contribution in [0.25, 0.3) is 23.0 Å². The Morgan fingerprint density at radius 3 is 1.23 bits per heavy atom. The van der Waals surface area contributed by atoms with Gasteiger partial charge in [0.1, 0.15) is 33.5 Å². The molecule has 0 radical (unpaired) electrons. The van der Waals surface area contributed by atoms with Gasteiger partial charge in [0.25, 0.3) is 6.47 Å². The van der Waals surface area contributed by atoms with Crippen molar-refractivity contribution in [2.75, 3.05) is 33.5 Å². The summed E-state index contributed by atoms with van der Waals surface area (Å²) >= 11 is 0. The van der Waals surface area contributed by atoms with Crippen LogP contribution < -0.4 is 26.3 Å². The smallest absolute Gasteiger partial charge is 0.462 e. The minimum atomic E-state index is -3.68. The molecule has 17 nitrogen and oxygen atoms in total. The zero-order valence-corrected chi connectivity index (χ0v) is 59.3. The first kappa shape index (κ1) is 74.9. The van der Waals surface area contributed by atoms with E-state index in [9.17, 15) is 32.9 Å². The number of hydrogen-bond donors (Lipinski definition) is 1. The average molecular weight is 1340 g/mol. The molecule has 0 saturated heterocycles. The molecule has 0 amide bonds. The van der Waals surface area contributed by atoms with E-state index >= 15 is 0 Å². The van der Waals surface area contributed by atoms with Crippen molar-refractivity contribution in [3.05, 3.63) is 248 Å². The Hall–Kier alpha value is -7.55. The van der Waals surface area contributed by atoms with Gasteiger partial charge < -0.3 is 36.7 Å². The second-order valence-corrected chi connectivity index (χ2v) is 35.0. The molecule has 0 aliphatic carbocycles. The first-order valence-corrected chi connectivity index (χ1v) is 39.9. The van der Waals surface area contributed by atoms with Gasteiger partial charge >= 0.3 is 34.7 Å². The Labute approximate surface area is 534 Å². The van der Waals surface area contributed by atoms with Gasteiger partial charge in [-0.2, -0.15) is 0 Å². The van der Waals surface area contributed by atoms with Crippen LogP contribution in [-0.4, -0.2) is 83.9 Å². The van der Waals surface area contributed by atoms with Crippen molar-refractivity contribution in [1.82, 2.24) is 0 Å². The number of phosphoric acid groups is 1. The zero-order valence-electron chi connectivity index (χ0n) is 52.7. The largest absolute Gasteiger partial charge is 0.530 e. The number of rotatable bonds is 28. The summed E-state index contributed by atoms with van der Waals surface area (Å²) in [4.78, 5) is 43.8. The molecule has 0 bridgehead atoms. The highest BCUT2D eigenvalue weighted by Gasteiger charge is 2.32. The molecule has 7 rings (SSSR count). The van der Waals surface area contributed by atoms with E-state index in [2.05, 4.69) is 39.4 Å². The van der Waals surface area contributed by atoms with E-state index in [-0.39, 0.29) is 42.4 Å². The molecule has 7 aromatic carbocycles. The van der Waals surface area contributed by atoms with Crippen molar-refractivity contribution in [2.24, 2.45) is 0 Å². The molecule has 0 spiro atoms. The van der Waals surface area contributed by atoms with E-state index in [0.717, 1.165) is 27.7 Å². The van der Waals surface area contributed by atoms with Gasteiger partial charge in [-0.05, 0) is 124 Å². The summed E-state index contributed by atoms with van der Waals surface area (Å²) in [5, 5.41) is 3.79. The minimum absolute atomic E-state index is 0.142. The Morgan fingerprint density at radius 1 is 0.489 bits per heavy atom. The predicted molar refractivity (Wildman–Crippen MR) is 368 cm³/mol. The lowest BCUT2D eigenvalue weighted by Crippen LogP contribution is -2.43. The molecule has 1 atom stereocenters. The molecular weight excluding hydrogens is 1250 g/mol. The van der Waals surface area contributed by atoms with Crippen LogP contribution in [0, 0.1) is 0 Å². The van der Waals surface area contributed by atoms with E-state index in [1.54, 1.807) is 130 Å². The summed E-state index contributed by atoms with van der Waals surface area (Å²) < 4.78 is 91.5. The SMILES string of the molecule is C=C(OC=O)c1ccc([Si](C)(C)O[SiH3])cc1.C=C(OP(=O)(OC)c1ccccc1)c1ccc([Si](C)(C)O)cc1.C=C(OP(=O)(OCC)OCC)c1ccc(C(=O)OCCC)cc1.C=C(OP(=O)(c1ccccc1)c1ccccc1)c1ccc(C(=O)OCC)cc1. The van der Waals surface area contributed by atoms with Gasteiger partial charge in [-0.3, -0.25) is 22.9 Å². The van der Waals surface area contributed by atoms with E-state index < -0.39 is 39.4 Å². The van der Waals surface area contributed by atoms with Gasteiger partial charge in [0.2, 0.25) is 16.6 Å². The topological polar surface area (TPSA) is 215 Å². The summed E-state index contributed by atoms with van der Waals surface area (Å²) in [6.45, 7) is 31.7. The highest BCUT2D eigenvalue weighted by atomic mass is 31.2. The minimum Gasteiger partial charge on any atom is -0.462 e. The molecule has 0 fully saturated rings. The second-order valence-electron chi connectivity index (χ2n) is 20.1. The maximum atomic E-state index is 13.9. The van der Waals surface area contributed by atoms with Gasteiger partial charge in [-0.25, -0.2) is 18.7 Å². The van der Waals surface area contributed by atoms with Crippen LogP contribution in [0.3, 0.4) is 0 Å². The highest BCUT2D eigenvalue weighted by Crippen LogP contribution is 2.53. The van der Waals surface area contributed by atoms with Crippen molar-refractivity contribution >= 4 is 118 Å². The standard InChI is InChI=1S/C23H21O4P.C17H21O4PSi.C16H23O6P.C11H16O3Si2/c1-3-26-23(24)20-16-14-19(15-17-20)18(2)27-28(25,21-10-6-4-7-11-21)22-12-8-5-9-13-22;1-14(15-10-12-17(13-11-15)23(3,4)19)21-22(18,20-2)16-8-6-5-7-9-16;1-5-12-19-16(17)15-10-8-14(9-11-15)13(4)22-23(18,20-6-2)21-7-3;1-9(13-8-12)10-4-6-11(7-5-10)16(2,3)14-15/h4-17H,2-3H2,1H3;5-13,19H,1H2,2-4H3;8-11H,4-7,12H2,1-3H3;4-8H,1H2,2-3,15H3. The maximum absolute atomic E-state index is 13.9. The van der Waals surface area contributed by atoms with E-state index in [0.29, 0.717) is 69.2 Å². The predicted octanol–water partition coefficient (Wildman–Crippen LogP) is 13.0. The molecule has 1 unspecified atom stereocenters. The first-order chi connectivity index (χ1) is 42.8. The lowest BCUT2D eigenvalue weighted by atomic mass is 10.1. The van der Waals surface area contributed by atoms with Crippen LogP contribution in [0.2, 0.25) is 26.2 Å². The summed E-state index contributed by atoms with van der Waals surface area (Å²) in [6, 6.07) is 55.2. The molecule has 0 aliphatic heterocycles. The highest BCUT2D eigenvalue weighted by molar-refractivity contribution is 7.74. The lowest BCUT2D eigenvalue weighted by molar-refractivity contribution is -0.122. The summed E-state index contributed by atoms with van der Waals surface area (Å²) in [5.74, 6) is 0.269. The summed E-state index contributed by atoms with van der Waals surface area (Å²) in [6.07, 6.45) is 0.763. The normalized spacial score (nSPS) is 11.8. The van der Waals surface area contributed by atoms with Crippen molar-refractivity contribution < 1.29 is 78.3 Å². The van der Waals surface area contributed by atoms with Crippen LogP contribution in [0.1, 0.15) is 77.1 Å². The first-order valence-electron chi connectivity index (χ1n) is 28.6. The molecule has 0 aliphatic rings. The molecule has 23 heteroatoms. The number of hydrogen-bond acceptors (Lipinski definition) is 17. The summed E-state index contributed by atoms with van der Waals surface area (Å²) in [7, 11) is -12.5. The Morgan fingerprint density at radius 2 is 0.856 bits per heavy atom. The molecule has 0 heterocycles. The van der Waals surface area contributed by atoms with Gasteiger partial charge in [-0.15, -0.1) is 0 Å². The third-order valence-electron chi connectivity index (χ3n) is 12.9. The number of ether oxygens (including phenoxy) is 3. The van der Waals surface area contributed by atoms with Crippen LogP contribution >= 0.6 is 22.8 Å². The average Bonchev–Trinajstić information content (AvgIpc) is 1.44. The van der Waals surface area contributed by atoms with Crippen LogP contribution in [-0.2, 0) is 64.0 Å². The van der Waals surface area contributed by atoms with Crippen LogP contribution in [0.5, 0.6) is 0 Å². The third-order valence-corrected chi connectivity index (χ3v) is 26.3. The van der Waals surface area contributed by atoms with Crippen molar-refractivity contribution in [3.8, 4) is 0 Å². The number of esters is 2. The van der Waals surface area contributed by atoms with Crippen molar-refractivity contribution in [2.45, 2.75) is 60.3 Å². The van der Waals surface area contributed by atoms with Crippen LogP contribution in [0.15, 0.2) is 214 Å². The lowest BCUT2D eigenvalue weighted by Gasteiger charge is -2.21. The molecule has 0 saturated carbocycles. The van der Waals surface area contributed by atoms with Gasteiger partial charge in [-0.1, -0.05) is 161 Å². The van der Waals surface area contributed by atoms with Gasteiger partial charge in [0, 0.05) is 29.4 Å². The maximum Gasteiger partial charge on any atom is 0.530 e. The Bertz CT molecular complexity index is 3550. The Kier molecular flexibility index (Phi) is 30.2. The number of carbonyl (C=O) groups is 3.